The van der Waals surface area contributed by atoms with Crippen LogP contribution in [0.4, 0.5) is 17.3 Å². The molecule has 0 atom stereocenters. The van der Waals surface area contributed by atoms with E-state index in [0.29, 0.717) is 19.5 Å². The summed E-state index contributed by atoms with van der Waals surface area (Å²) in [6.07, 6.45) is 2.81. The first-order valence-electron chi connectivity index (χ1n) is 6.99. The molecule has 0 amide bonds. The number of hydrogen-bond donors (Lipinski definition) is 3. The second-order valence-electron chi connectivity index (χ2n) is 5.55. The lowest BCUT2D eigenvalue weighted by atomic mass is 9.88. The quantitative estimate of drug-likeness (QED) is 0.472. The van der Waals surface area contributed by atoms with E-state index in [-0.39, 0.29) is 29.3 Å². The molecule has 0 aliphatic heterocycles. The molecule has 1 rings (SSSR count). The van der Waals surface area contributed by atoms with Gasteiger partial charge in [0.2, 0.25) is 11.6 Å². The van der Waals surface area contributed by atoms with Gasteiger partial charge in [0, 0.05) is 19.7 Å². The van der Waals surface area contributed by atoms with Crippen molar-refractivity contribution in [1.29, 1.82) is 0 Å². The number of anilines is 2. The second kappa shape index (κ2) is 7.72. The van der Waals surface area contributed by atoms with Crippen LogP contribution in [0, 0.1) is 15.5 Å². The molecule has 0 bridgehead atoms. The molecular formula is C13H23N5O3. The highest BCUT2D eigenvalue weighted by atomic mass is 16.6. The highest BCUT2D eigenvalue weighted by Crippen LogP contribution is 2.30. The predicted octanol–water partition coefficient (Wildman–Crippen LogP) is 2.03. The van der Waals surface area contributed by atoms with Crippen LogP contribution in [0.3, 0.4) is 0 Å². The molecule has 1 heterocycles. The minimum absolute atomic E-state index is 0.0973. The number of nitro groups is 1. The van der Waals surface area contributed by atoms with Crippen molar-refractivity contribution in [2.24, 2.45) is 5.41 Å². The largest absolute Gasteiger partial charge is 0.396 e. The van der Waals surface area contributed by atoms with Gasteiger partial charge < -0.3 is 15.7 Å². The van der Waals surface area contributed by atoms with E-state index in [0.717, 1.165) is 6.42 Å². The molecule has 3 N–H and O–H groups in total. The number of nitrogens with one attached hydrogen (secondary N) is 2. The number of aromatic nitrogens is 2. The van der Waals surface area contributed by atoms with E-state index in [1.165, 1.54) is 6.33 Å². The molecule has 0 fully saturated rings. The Bertz CT molecular complexity index is 479. The van der Waals surface area contributed by atoms with Crippen molar-refractivity contribution in [3.8, 4) is 0 Å². The minimum Gasteiger partial charge on any atom is -0.396 e. The Balaban J connectivity index is 2.88. The van der Waals surface area contributed by atoms with E-state index in [1.807, 2.05) is 20.8 Å². The van der Waals surface area contributed by atoms with Crippen molar-refractivity contribution >= 4 is 17.3 Å². The normalized spacial score (nSPS) is 11.2. The fourth-order valence-corrected chi connectivity index (χ4v) is 1.95. The van der Waals surface area contributed by atoms with Crippen LogP contribution in [0.2, 0.25) is 0 Å². The van der Waals surface area contributed by atoms with Crippen LogP contribution in [-0.2, 0) is 0 Å². The average molecular weight is 297 g/mol. The summed E-state index contributed by atoms with van der Waals surface area (Å²) in [4.78, 5) is 18.6. The van der Waals surface area contributed by atoms with Crippen molar-refractivity contribution in [2.75, 3.05) is 30.3 Å². The first-order chi connectivity index (χ1) is 9.91. The van der Waals surface area contributed by atoms with Gasteiger partial charge in [-0.2, -0.15) is 0 Å². The molecule has 0 aliphatic carbocycles. The Morgan fingerprint density at radius 2 is 1.95 bits per heavy atom. The lowest BCUT2D eigenvalue weighted by molar-refractivity contribution is -0.383. The molecule has 118 valence electrons. The summed E-state index contributed by atoms with van der Waals surface area (Å²) in [7, 11) is 0. The van der Waals surface area contributed by atoms with E-state index in [4.69, 9.17) is 5.11 Å². The van der Waals surface area contributed by atoms with Crippen LogP contribution in [0.15, 0.2) is 6.33 Å². The van der Waals surface area contributed by atoms with E-state index in [9.17, 15) is 10.1 Å². The van der Waals surface area contributed by atoms with Crippen LogP contribution < -0.4 is 10.6 Å². The first-order valence-corrected chi connectivity index (χ1v) is 6.99. The van der Waals surface area contributed by atoms with Crippen molar-refractivity contribution < 1.29 is 10.0 Å². The Hall–Kier alpha value is -1.96. The molecule has 1 aromatic rings. The van der Waals surface area contributed by atoms with Crippen LogP contribution >= 0.6 is 0 Å². The number of aliphatic hydroxyl groups excluding tert-OH is 1. The molecule has 0 unspecified atom stereocenters. The summed E-state index contributed by atoms with van der Waals surface area (Å²) < 4.78 is 0. The van der Waals surface area contributed by atoms with Gasteiger partial charge in [-0.3, -0.25) is 10.1 Å². The predicted molar refractivity (Wildman–Crippen MR) is 81.4 cm³/mol. The zero-order chi connectivity index (χ0) is 15.9. The maximum atomic E-state index is 11.2. The smallest absolute Gasteiger partial charge is 0.353 e. The topological polar surface area (TPSA) is 113 Å². The third-order valence-electron chi connectivity index (χ3n) is 3.10. The van der Waals surface area contributed by atoms with Gasteiger partial charge in [0.05, 0.1) is 4.92 Å². The lowest BCUT2D eigenvalue weighted by Gasteiger charge is -2.24. The zero-order valence-corrected chi connectivity index (χ0v) is 12.7. The summed E-state index contributed by atoms with van der Waals surface area (Å²) in [6.45, 7) is 7.12. The Morgan fingerprint density at radius 1 is 1.33 bits per heavy atom. The van der Waals surface area contributed by atoms with Gasteiger partial charge in [-0.1, -0.05) is 13.8 Å². The molecule has 0 saturated carbocycles. The number of aliphatic hydroxyl groups is 1. The van der Waals surface area contributed by atoms with Crippen LogP contribution in [0.5, 0.6) is 0 Å². The number of nitrogens with zero attached hydrogens (tertiary/aromatic N) is 3. The molecule has 0 saturated heterocycles. The summed E-state index contributed by atoms with van der Waals surface area (Å²) in [5, 5.41) is 26.0. The summed E-state index contributed by atoms with van der Waals surface area (Å²) in [6, 6.07) is 0. The second-order valence-corrected chi connectivity index (χ2v) is 5.55. The number of hydrogen-bond acceptors (Lipinski definition) is 7. The van der Waals surface area contributed by atoms with Crippen molar-refractivity contribution in [1.82, 2.24) is 9.97 Å². The maximum Gasteiger partial charge on any atom is 0.353 e. The van der Waals surface area contributed by atoms with Crippen LogP contribution in [0.25, 0.3) is 0 Å². The van der Waals surface area contributed by atoms with E-state index < -0.39 is 4.92 Å². The number of rotatable bonds is 9. The minimum atomic E-state index is -0.485. The molecule has 0 aromatic carbocycles. The molecule has 8 nitrogen and oxygen atoms in total. The maximum absolute atomic E-state index is 11.2. The average Bonchev–Trinajstić information content (AvgIpc) is 2.43. The molecule has 21 heavy (non-hydrogen) atoms. The Labute approximate surface area is 124 Å². The SMILES string of the molecule is CCNc1ncnc(NCC(C)(C)CCCO)c1[N+](=O)[O-]. The summed E-state index contributed by atoms with van der Waals surface area (Å²) in [5.74, 6) is 0.427. The highest BCUT2D eigenvalue weighted by molar-refractivity contribution is 5.69. The van der Waals surface area contributed by atoms with Crippen molar-refractivity contribution in [3.05, 3.63) is 16.4 Å². The van der Waals surface area contributed by atoms with Crippen LogP contribution in [-0.4, -0.2) is 39.7 Å². The van der Waals surface area contributed by atoms with Gasteiger partial charge in [0.1, 0.15) is 6.33 Å². The summed E-state index contributed by atoms with van der Waals surface area (Å²) in [5.41, 5.74) is -0.239. The molecule has 0 radical (unpaired) electrons. The molecule has 1 aromatic heterocycles. The van der Waals surface area contributed by atoms with Gasteiger partial charge in [-0.15, -0.1) is 0 Å². The van der Waals surface area contributed by atoms with Gasteiger partial charge in [-0.25, -0.2) is 9.97 Å². The monoisotopic (exact) mass is 297 g/mol. The van der Waals surface area contributed by atoms with Crippen molar-refractivity contribution in [2.45, 2.75) is 33.6 Å². The van der Waals surface area contributed by atoms with Crippen LogP contribution in [0.1, 0.15) is 33.6 Å². The first kappa shape index (κ1) is 17.1. The van der Waals surface area contributed by atoms with E-state index in [1.54, 1.807) is 0 Å². The standard InChI is InChI=1S/C13H23N5O3/c1-4-14-11-10(18(20)21)12(17-9-16-11)15-8-13(2,3)6-5-7-19/h9,19H,4-8H2,1-3H3,(H2,14,15,16,17). The third-order valence-corrected chi connectivity index (χ3v) is 3.10. The summed E-state index contributed by atoms with van der Waals surface area (Å²) >= 11 is 0. The van der Waals surface area contributed by atoms with Gasteiger partial charge >= 0.3 is 5.69 Å². The van der Waals surface area contributed by atoms with Gasteiger partial charge in [0.25, 0.3) is 0 Å². The molecule has 8 heteroatoms. The zero-order valence-electron chi connectivity index (χ0n) is 12.7. The van der Waals surface area contributed by atoms with E-state index in [2.05, 4.69) is 20.6 Å². The molecular weight excluding hydrogens is 274 g/mol. The molecule has 0 aliphatic rings. The molecule has 0 spiro atoms. The highest BCUT2D eigenvalue weighted by Gasteiger charge is 2.24. The van der Waals surface area contributed by atoms with Gasteiger partial charge in [-0.05, 0) is 25.2 Å². The van der Waals surface area contributed by atoms with E-state index >= 15 is 0 Å². The lowest BCUT2D eigenvalue weighted by Crippen LogP contribution is -2.24. The third kappa shape index (κ3) is 5.14. The Kier molecular flexibility index (Phi) is 6.29. The van der Waals surface area contributed by atoms with Crippen molar-refractivity contribution in [3.63, 3.8) is 0 Å². The fourth-order valence-electron chi connectivity index (χ4n) is 1.95. The Morgan fingerprint density at radius 3 is 2.48 bits per heavy atom. The fraction of sp³-hybridized carbons (Fsp3) is 0.692. The van der Waals surface area contributed by atoms with Gasteiger partial charge in [0.15, 0.2) is 0 Å².